The standard InChI is InChI=1S/C20H25FN4O/c1-3-14-8-7-9-15(4-2)18(14)25-20(22)24-13-12-23-19(26)16-10-5-6-11-17(16)21/h5-11H,3-4,12-13H2,1-2H3,(H,23,26)(H3,22,24,25). The van der Waals surface area contributed by atoms with Crippen molar-refractivity contribution in [3.8, 4) is 0 Å². The van der Waals surface area contributed by atoms with Gasteiger partial charge in [0, 0.05) is 12.2 Å². The van der Waals surface area contributed by atoms with Gasteiger partial charge in [-0.2, -0.15) is 0 Å². The van der Waals surface area contributed by atoms with Crippen molar-refractivity contribution < 1.29 is 9.18 Å². The molecule has 0 aliphatic carbocycles. The number of nitrogens with zero attached hydrogens (tertiary/aromatic N) is 1. The van der Waals surface area contributed by atoms with Crippen molar-refractivity contribution in [2.24, 2.45) is 10.7 Å². The molecule has 0 fully saturated rings. The summed E-state index contributed by atoms with van der Waals surface area (Å²) in [5, 5.41) is 5.80. The second kappa shape index (κ2) is 9.56. The van der Waals surface area contributed by atoms with Crippen LogP contribution < -0.4 is 16.4 Å². The molecule has 5 nitrogen and oxygen atoms in total. The van der Waals surface area contributed by atoms with Crippen molar-refractivity contribution in [2.45, 2.75) is 26.7 Å². The van der Waals surface area contributed by atoms with Crippen LogP contribution in [0.5, 0.6) is 0 Å². The number of amides is 1. The van der Waals surface area contributed by atoms with Crippen LogP contribution in [0.25, 0.3) is 0 Å². The summed E-state index contributed by atoms with van der Waals surface area (Å²) in [5.74, 6) is -0.715. The quantitative estimate of drug-likeness (QED) is 0.405. The van der Waals surface area contributed by atoms with Gasteiger partial charge in [-0.25, -0.2) is 4.39 Å². The van der Waals surface area contributed by atoms with E-state index in [1.807, 2.05) is 6.07 Å². The van der Waals surface area contributed by atoms with Gasteiger partial charge in [-0.1, -0.05) is 44.2 Å². The molecule has 138 valence electrons. The Kier molecular flexibility index (Phi) is 7.14. The highest BCUT2D eigenvalue weighted by Gasteiger charge is 2.10. The summed E-state index contributed by atoms with van der Waals surface area (Å²) in [7, 11) is 0. The van der Waals surface area contributed by atoms with Crippen molar-refractivity contribution >= 4 is 17.6 Å². The van der Waals surface area contributed by atoms with Gasteiger partial charge in [0.1, 0.15) is 5.82 Å². The molecule has 2 aromatic carbocycles. The number of nitrogens with one attached hydrogen (secondary N) is 2. The molecule has 4 N–H and O–H groups in total. The van der Waals surface area contributed by atoms with Crippen molar-refractivity contribution in [1.29, 1.82) is 0 Å². The lowest BCUT2D eigenvalue weighted by Crippen LogP contribution is -2.29. The first-order valence-electron chi connectivity index (χ1n) is 8.77. The molecule has 0 heterocycles. The van der Waals surface area contributed by atoms with Crippen molar-refractivity contribution in [1.82, 2.24) is 5.32 Å². The maximum atomic E-state index is 13.5. The third-order valence-electron chi connectivity index (χ3n) is 4.05. The Labute approximate surface area is 153 Å². The summed E-state index contributed by atoms with van der Waals surface area (Å²) in [6.45, 7) is 4.75. The number of aliphatic imine (C=N–C) groups is 1. The molecule has 0 aromatic heterocycles. The van der Waals surface area contributed by atoms with E-state index >= 15 is 0 Å². The Morgan fingerprint density at radius 3 is 2.35 bits per heavy atom. The summed E-state index contributed by atoms with van der Waals surface area (Å²) >= 11 is 0. The number of nitrogens with two attached hydrogens (primary N) is 1. The van der Waals surface area contributed by atoms with Crippen LogP contribution in [0.2, 0.25) is 0 Å². The fourth-order valence-electron chi connectivity index (χ4n) is 2.66. The van der Waals surface area contributed by atoms with Gasteiger partial charge in [0.15, 0.2) is 5.96 Å². The van der Waals surface area contributed by atoms with Gasteiger partial charge in [-0.05, 0) is 36.1 Å². The van der Waals surface area contributed by atoms with Gasteiger partial charge in [0.2, 0.25) is 0 Å². The molecule has 26 heavy (non-hydrogen) atoms. The van der Waals surface area contributed by atoms with Crippen molar-refractivity contribution in [3.05, 3.63) is 65.0 Å². The van der Waals surface area contributed by atoms with E-state index in [4.69, 9.17) is 5.73 Å². The average molecular weight is 356 g/mol. The Morgan fingerprint density at radius 1 is 1.08 bits per heavy atom. The maximum Gasteiger partial charge on any atom is 0.254 e. The average Bonchev–Trinajstić information content (AvgIpc) is 2.65. The highest BCUT2D eigenvalue weighted by atomic mass is 19.1. The summed E-state index contributed by atoms with van der Waals surface area (Å²) in [6, 6.07) is 12.0. The molecule has 0 bridgehead atoms. The minimum atomic E-state index is -0.544. The minimum absolute atomic E-state index is 0.0204. The van der Waals surface area contributed by atoms with Crippen LogP contribution in [0.3, 0.4) is 0 Å². The largest absolute Gasteiger partial charge is 0.370 e. The molecule has 6 heteroatoms. The van der Waals surface area contributed by atoms with E-state index in [1.54, 1.807) is 12.1 Å². The fraction of sp³-hybridized carbons (Fsp3) is 0.300. The SMILES string of the molecule is CCc1cccc(CC)c1NC(N)=NCCNC(=O)c1ccccc1F. The first kappa shape index (κ1) is 19.4. The zero-order valence-corrected chi connectivity index (χ0v) is 15.2. The number of carbonyl (C=O) groups excluding carboxylic acids is 1. The number of guanidine groups is 1. The van der Waals surface area contributed by atoms with E-state index in [0.29, 0.717) is 12.5 Å². The second-order valence-electron chi connectivity index (χ2n) is 5.79. The molecular formula is C20H25FN4O. The predicted octanol–water partition coefficient (Wildman–Crippen LogP) is 3.11. The first-order valence-corrected chi connectivity index (χ1v) is 8.77. The van der Waals surface area contributed by atoms with Crippen LogP contribution in [0.4, 0.5) is 10.1 Å². The van der Waals surface area contributed by atoms with Gasteiger partial charge in [0.25, 0.3) is 5.91 Å². The molecule has 0 saturated heterocycles. The van der Waals surface area contributed by atoms with Gasteiger partial charge < -0.3 is 16.4 Å². The van der Waals surface area contributed by atoms with E-state index < -0.39 is 11.7 Å². The molecule has 0 atom stereocenters. The molecular weight excluding hydrogens is 331 g/mol. The number of carbonyl (C=O) groups is 1. The summed E-state index contributed by atoms with van der Waals surface area (Å²) in [6.07, 6.45) is 1.78. The van der Waals surface area contributed by atoms with Crippen LogP contribution >= 0.6 is 0 Å². The van der Waals surface area contributed by atoms with Crippen LogP contribution in [0.15, 0.2) is 47.5 Å². The highest BCUT2D eigenvalue weighted by Crippen LogP contribution is 2.22. The van der Waals surface area contributed by atoms with Crippen LogP contribution in [0.1, 0.15) is 35.3 Å². The molecule has 0 spiro atoms. The molecule has 2 rings (SSSR count). The number of para-hydroxylation sites is 1. The Morgan fingerprint density at radius 2 is 1.73 bits per heavy atom. The zero-order chi connectivity index (χ0) is 18.9. The van der Waals surface area contributed by atoms with Crippen LogP contribution in [-0.4, -0.2) is 25.0 Å². The van der Waals surface area contributed by atoms with E-state index in [1.165, 1.54) is 23.3 Å². The van der Waals surface area contributed by atoms with Gasteiger partial charge >= 0.3 is 0 Å². The zero-order valence-electron chi connectivity index (χ0n) is 15.2. The molecule has 0 saturated carbocycles. The Hall–Kier alpha value is -2.89. The topological polar surface area (TPSA) is 79.5 Å². The fourth-order valence-corrected chi connectivity index (χ4v) is 2.66. The van der Waals surface area contributed by atoms with Gasteiger partial charge in [0.05, 0.1) is 12.1 Å². The lowest BCUT2D eigenvalue weighted by molar-refractivity contribution is 0.0951. The summed E-state index contributed by atoms with van der Waals surface area (Å²) in [5.41, 5.74) is 9.34. The number of hydrogen-bond donors (Lipinski definition) is 3. The highest BCUT2D eigenvalue weighted by molar-refractivity contribution is 5.95. The molecule has 0 radical (unpaired) electrons. The Bertz CT molecular complexity index is 767. The Balaban J connectivity index is 1.91. The summed E-state index contributed by atoms with van der Waals surface area (Å²) in [4.78, 5) is 16.2. The number of anilines is 1. The van der Waals surface area contributed by atoms with Crippen LogP contribution in [0, 0.1) is 5.82 Å². The van der Waals surface area contributed by atoms with E-state index in [9.17, 15) is 9.18 Å². The third-order valence-corrected chi connectivity index (χ3v) is 4.05. The number of hydrogen-bond acceptors (Lipinski definition) is 2. The van der Waals surface area contributed by atoms with Crippen molar-refractivity contribution in [3.63, 3.8) is 0 Å². The second-order valence-corrected chi connectivity index (χ2v) is 5.79. The monoisotopic (exact) mass is 356 g/mol. The van der Waals surface area contributed by atoms with Gasteiger partial charge in [-0.3, -0.25) is 9.79 Å². The molecule has 0 aliphatic heterocycles. The normalized spacial score (nSPS) is 11.3. The molecule has 0 aliphatic rings. The van der Waals surface area contributed by atoms with Crippen LogP contribution in [-0.2, 0) is 12.8 Å². The van der Waals surface area contributed by atoms with E-state index in [-0.39, 0.29) is 12.1 Å². The molecule has 1 amide bonds. The van der Waals surface area contributed by atoms with Crippen molar-refractivity contribution in [2.75, 3.05) is 18.4 Å². The number of halogens is 1. The third kappa shape index (κ3) is 5.05. The van der Waals surface area contributed by atoms with E-state index in [2.05, 4.69) is 41.6 Å². The maximum absolute atomic E-state index is 13.5. The molecule has 0 unspecified atom stereocenters. The molecule has 2 aromatic rings. The van der Waals surface area contributed by atoms with Gasteiger partial charge in [-0.15, -0.1) is 0 Å². The number of aryl methyl sites for hydroxylation is 2. The lowest BCUT2D eigenvalue weighted by atomic mass is 10.0. The summed E-state index contributed by atoms with van der Waals surface area (Å²) < 4.78 is 13.5. The van der Waals surface area contributed by atoms with E-state index in [0.717, 1.165) is 18.5 Å². The predicted molar refractivity (Wildman–Crippen MR) is 104 cm³/mol. The first-order chi connectivity index (χ1) is 12.6. The minimum Gasteiger partial charge on any atom is -0.370 e. The number of rotatable bonds is 7. The smallest absolute Gasteiger partial charge is 0.254 e. The lowest BCUT2D eigenvalue weighted by Gasteiger charge is -2.14. The number of benzene rings is 2.